The van der Waals surface area contributed by atoms with Crippen LogP contribution in [0, 0.1) is 0 Å². The van der Waals surface area contributed by atoms with Gasteiger partial charge in [-0.1, -0.05) is 23.7 Å². The van der Waals surface area contributed by atoms with E-state index in [-0.39, 0.29) is 11.1 Å². The second-order valence-corrected chi connectivity index (χ2v) is 7.12. The predicted molar refractivity (Wildman–Crippen MR) is 85.4 cm³/mol. The molecule has 1 aliphatic heterocycles. The molecule has 0 radical (unpaired) electrons. The summed E-state index contributed by atoms with van der Waals surface area (Å²) < 4.78 is 25.8. The lowest BCUT2D eigenvalue weighted by molar-refractivity contribution is 0.0994. The van der Waals surface area contributed by atoms with Crippen molar-refractivity contribution in [1.82, 2.24) is 4.98 Å². The number of fused-ring (bicyclic) bond motifs is 2. The molecule has 1 amide bonds. The van der Waals surface area contributed by atoms with Crippen LogP contribution >= 0.6 is 11.6 Å². The lowest BCUT2D eigenvalue weighted by atomic mass is 10.1. The van der Waals surface area contributed by atoms with E-state index in [9.17, 15) is 13.2 Å². The second kappa shape index (κ2) is 4.96. The number of halogens is 1. The molecule has 3 rings (SSSR count). The van der Waals surface area contributed by atoms with Crippen LogP contribution in [0.4, 0.5) is 17.1 Å². The Kier molecular flexibility index (Phi) is 3.34. The van der Waals surface area contributed by atoms with Gasteiger partial charge in [0.05, 0.1) is 35.1 Å². The van der Waals surface area contributed by atoms with Crippen molar-refractivity contribution in [3.05, 3.63) is 47.2 Å². The minimum atomic E-state index is -3.67. The molecular weight excluding hydrogens is 326 g/mol. The lowest BCUT2D eigenvalue weighted by Crippen LogP contribution is -2.25. The predicted octanol–water partition coefficient (Wildman–Crippen LogP) is 2.42. The standard InChI is InChI=1S/C14H12ClN3O3S/c1-17-12-8-16-13(15)7-11(12)18(22(2,20)21)10-6-4-3-5-9(10)14(17)19/h3-8H,1-2H3. The van der Waals surface area contributed by atoms with Crippen molar-refractivity contribution in [3.8, 4) is 0 Å². The third-order valence-corrected chi connectivity index (χ3v) is 4.66. The highest BCUT2D eigenvalue weighted by atomic mass is 35.5. The molecule has 2 heterocycles. The van der Waals surface area contributed by atoms with Crippen LogP contribution in [0.5, 0.6) is 0 Å². The van der Waals surface area contributed by atoms with Crippen molar-refractivity contribution in [2.24, 2.45) is 0 Å². The Morgan fingerprint density at radius 3 is 2.50 bits per heavy atom. The van der Waals surface area contributed by atoms with Gasteiger partial charge in [-0.2, -0.15) is 0 Å². The maximum Gasteiger partial charge on any atom is 0.260 e. The minimum Gasteiger partial charge on any atom is -0.308 e. The summed E-state index contributed by atoms with van der Waals surface area (Å²) in [6.07, 6.45) is 2.47. The van der Waals surface area contributed by atoms with Gasteiger partial charge in [-0.15, -0.1) is 0 Å². The lowest BCUT2D eigenvalue weighted by Gasteiger charge is -2.24. The van der Waals surface area contributed by atoms with E-state index in [1.165, 1.54) is 17.2 Å². The zero-order valence-electron chi connectivity index (χ0n) is 11.8. The van der Waals surface area contributed by atoms with E-state index in [1.54, 1.807) is 31.3 Å². The fourth-order valence-corrected chi connectivity index (χ4v) is 3.61. The molecule has 0 unspecified atom stereocenters. The topological polar surface area (TPSA) is 70.6 Å². The van der Waals surface area contributed by atoms with Crippen molar-refractivity contribution < 1.29 is 13.2 Å². The fourth-order valence-electron chi connectivity index (χ4n) is 2.44. The van der Waals surface area contributed by atoms with Crippen molar-refractivity contribution in [1.29, 1.82) is 0 Å². The zero-order chi connectivity index (χ0) is 16.1. The molecule has 0 N–H and O–H groups in total. The summed E-state index contributed by atoms with van der Waals surface area (Å²) >= 11 is 5.92. The molecule has 6 nitrogen and oxygen atoms in total. The van der Waals surface area contributed by atoms with E-state index in [2.05, 4.69) is 4.98 Å². The number of rotatable bonds is 1. The van der Waals surface area contributed by atoms with Gasteiger partial charge in [-0.25, -0.2) is 17.7 Å². The SMILES string of the molecule is CN1C(=O)c2ccccc2N(S(C)(=O)=O)c2cc(Cl)ncc21. The Bertz CT molecular complexity index is 883. The van der Waals surface area contributed by atoms with Gasteiger partial charge in [-0.05, 0) is 12.1 Å². The summed E-state index contributed by atoms with van der Waals surface area (Å²) in [6.45, 7) is 0. The van der Waals surface area contributed by atoms with Crippen LogP contribution in [0.1, 0.15) is 10.4 Å². The van der Waals surface area contributed by atoms with Gasteiger partial charge in [0.25, 0.3) is 5.91 Å². The second-order valence-electron chi connectivity index (χ2n) is 4.90. The Balaban J connectivity index is 2.44. The van der Waals surface area contributed by atoms with E-state index in [4.69, 9.17) is 11.6 Å². The molecule has 0 fully saturated rings. The number of hydrogen-bond acceptors (Lipinski definition) is 4. The van der Waals surface area contributed by atoms with E-state index in [0.717, 1.165) is 10.6 Å². The number of anilines is 3. The number of carbonyl (C=O) groups excluding carboxylic acids is 1. The van der Waals surface area contributed by atoms with Crippen LogP contribution in [0.25, 0.3) is 0 Å². The molecule has 1 aromatic carbocycles. The zero-order valence-corrected chi connectivity index (χ0v) is 13.4. The number of aromatic nitrogens is 1. The first-order chi connectivity index (χ1) is 10.3. The number of benzene rings is 1. The van der Waals surface area contributed by atoms with Crippen LogP contribution in [-0.4, -0.2) is 32.6 Å². The third kappa shape index (κ3) is 2.22. The van der Waals surface area contributed by atoms with E-state index >= 15 is 0 Å². The van der Waals surface area contributed by atoms with Gasteiger partial charge in [0.15, 0.2) is 0 Å². The maximum absolute atomic E-state index is 12.6. The van der Waals surface area contributed by atoms with Crippen molar-refractivity contribution in [2.45, 2.75) is 0 Å². The summed E-state index contributed by atoms with van der Waals surface area (Å²) in [5.74, 6) is -0.313. The van der Waals surface area contributed by atoms with E-state index in [1.807, 2.05) is 0 Å². The largest absolute Gasteiger partial charge is 0.308 e. The number of hydrogen-bond donors (Lipinski definition) is 0. The monoisotopic (exact) mass is 337 g/mol. The molecule has 0 atom stereocenters. The highest BCUT2D eigenvalue weighted by Gasteiger charge is 2.33. The average molecular weight is 338 g/mol. The first-order valence-corrected chi connectivity index (χ1v) is 8.56. The van der Waals surface area contributed by atoms with Gasteiger partial charge >= 0.3 is 0 Å². The van der Waals surface area contributed by atoms with Crippen molar-refractivity contribution >= 4 is 44.6 Å². The van der Waals surface area contributed by atoms with Gasteiger partial charge in [0.2, 0.25) is 10.0 Å². The molecular formula is C14H12ClN3O3S. The molecule has 22 heavy (non-hydrogen) atoms. The summed E-state index contributed by atoms with van der Waals surface area (Å²) in [7, 11) is -2.10. The summed E-state index contributed by atoms with van der Waals surface area (Å²) in [6, 6.07) is 7.98. The van der Waals surface area contributed by atoms with Crippen LogP contribution in [0.3, 0.4) is 0 Å². The van der Waals surface area contributed by atoms with Gasteiger partial charge in [-0.3, -0.25) is 4.79 Å². The van der Waals surface area contributed by atoms with Gasteiger partial charge < -0.3 is 4.90 Å². The summed E-state index contributed by atoms with van der Waals surface area (Å²) in [5.41, 5.74) is 1.25. The molecule has 0 aliphatic carbocycles. The molecule has 8 heteroatoms. The summed E-state index contributed by atoms with van der Waals surface area (Å²) in [4.78, 5) is 17.9. The highest BCUT2D eigenvalue weighted by molar-refractivity contribution is 7.92. The van der Waals surface area contributed by atoms with Gasteiger partial charge in [0, 0.05) is 13.1 Å². The van der Waals surface area contributed by atoms with E-state index < -0.39 is 10.0 Å². The average Bonchev–Trinajstić information content (AvgIpc) is 2.53. The Morgan fingerprint density at radius 1 is 1.14 bits per heavy atom. The maximum atomic E-state index is 12.6. The number of nitrogens with zero attached hydrogens (tertiary/aromatic N) is 3. The molecule has 0 bridgehead atoms. The Morgan fingerprint density at radius 2 is 1.82 bits per heavy atom. The normalized spacial score (nSPS) is 14.4. The Labute approximate surface area is 133 Å². The number of para-hydroxylation sites is 1. The van der Waals surface area contributed by atoms with Crippen LogP contribution < -0.4 is 9.21 Å². The minimum absolute atomic E-state index is 0.146. The van der Waals surface area contributed by atoms with Crippen LogP contribution in [-0.2, 0) is 10.0 Å². The molecule has 0 spiro atoms. The number of amides is 1. The number of sulfonamides is 1. The molecule has 1 aromatic heterocycles. The molecule has 1 aliphatic rings. The van der Waals surface area contributed by atoms with Gasteiger partial charge in [0.1, 0.15) is 5.15 Å². The quantitative estimate of drug-likeness (QED) is 0.749. The fraction of sp³-hybridized carbons (Fsp3) is 0.143. The van der Waals surface area contributed by atoms with Crippen molar-refractivity contribution in [2.75, 3.05) is 22.5 Å². The van der Waals surface area contributed by atoms with Crippen LogP contribution in [0.2, 0.25) is 5.15 Å². The number of carbonyl (C=O) groups is 1. The highest BCUT2D eigenvalue weighted by Crippen LogP contribution is 2.42. The molecule has 114 valence electrons. The van der Waals surface area contributed by atoms with Crippen LogP contribution in [0.15, 0.2) is 36.5 Å². The molecule has 2 aromatic rings. The van der Waals surface area contributed by atoms with E-state index in [0.29, 0.717) is 22.6 Å². The number of pyridine rings is 1. The smallest absolute Gasteiger partial charge is 0.260 e. The summed E-state index contributed by atoms with van der Waals surface area (Å²) in [5, 5.41) is 0.146. The third-order valence-electron chi connectivity index (χ3n) is 3.40. The first-order valence-electron chi connectivity index (χ1n) is 6.33. The molecule has 0 saturated carbocycles. The van der Waals surface area contributed by atoms with Crippen molar-refractivity contribution in [3.63, 3.8) is 0 Å². The molecule has 0 saturated heterocycles. The Hall–Kier alpha value is -2.12. The first kappa shape index (κ1) is 14.8.